The highest BCUT2D eigenvalue weighted by Gasteiger charge is 2.23. The molecule has 1 heterocycles. The lowest BCUT2D eigenvalue weighted by Crippen LogP contribution is -2.42. The lowest BCUT2D eigenvalue weighted by atomic mass is 9.98. The fourth-order valence-electron chi connectivity index (χ4n) is 2.31. The van der Waals surface area contributed by atoms with Crippen LogP contribution in [0.5, 0.6) is 5.75 Å². The van der Waals surface area contributed by atoms with Gasteiger partial charge >= 0.3 is 0 Å². The largest absolute Gasteiger partial charge is 0.492 e. The van der Waals surface area contributed by atoms with Crippen molar-refractivity contribution in [2.45, 2.75) is 12.8 Å². The zero-order chi connectivity index (χ0) is 13.7. The average Bonchev–Trinajstić information content (AvgIpc) is 2.41. The number of hydrogen-bond donors (Lipinski definition) is 1. The number of nitrogens with zero attached hydrogens (tertiary/aromatic N) is 1. The van der Waals surface area contributed by atoms with Crippen LogP contribution in [0, 0.1) is 5.92 Å². The molecular formula is C14H19BrN2O2. The van der Waals surface area contributed by atoms with Gasteiger partial charge in [-0.3, -0.25) is 9.69 Å². The molecule has 0 bridgehead atoms. The van der Waals surface area contributed by atoms with Crippen LogP contribution in [0.4, 0.5) is 0 Å². The minimum atomic E-state index is -0.182. The van der Waals surface area contributed by atoms with Crippen molar-refractivity contribution < 1.29 is 9.53 Å². The highest BCUT2D eigenvalue weighted by Crippen LogP contribution is 2.17. The molecule has 1 aliphatic rings. The third-order valence-corrected chi connectivity index (χ3v) is 3.93. The Hall–Kier alpha value is -1.07. The Bertz CT molecular complexity index is 422. The molecule has 19 heavy (non-hydrogen) atoms. The summed E-state index contributed by atoms with van der Waals surface area (Å²) in [5, 5.41) is 0. The van der Waals surface area contributed by atoms with Crippen LogP contribution in [0.25, 0.3) is 0 Å². The van der Waals surface area contributed by atoms with Gasteiger partial charge < -0.3 is 10.5 Å². The van der Waals surface area contributed by atoms with Crippen LogP contribution in [0.3, 0.4) is 0 Å². The zero-order valence-corrected chi connectivity index (χ0v) is 12.4. The summed E-state index contributed by atoms with van der Waals surface area (Å²) in [7, 11) is 0. The fraction of sp³-hybridized carbons (Fsp3) is 0.500. The Morgan fingerprint density at radius 2 is 2.16 bits per heavy atom. The van der Waals surface area contributed by atoms with Gasteiger partial charge in [0.2, 0.25) is 5.91 Å². The van der Waals surface area contributed by atoms with Crippen molar-refractivity contribution in [2.75, 3.05) is 26.2 Å². The molecule has 0 aliphatic carbocycles. The standard InChI is InChI=1S/C14H19BrN2O2/c15-12-3-5-13(6-4-12)19-9-8-17-7-1-2-11(10-17)14(16)18/h3-6,11H,1-2,7-10H2,(H2,16,18). The summed E-state index contributed by atoms with van der Waals surface area (Å²) < 4.78 is 6.72. The molecule has 1 saturated heterocycles. The van der Waals surface area contributed by atoms with Crippen molar-refractivity contribution in [2.24, 2.45) is 11.7 Å². The second kappa shape index (κ2) is 6.91. The highest BCUT2D eigenvalue weighted by molar-refractivity contribution is 9.10. The molecule has 0 spiro atoms. The van der Waals surface area contributed by atoms with Crippen LogP contribution in [-0.4, -0.2) is 37.0 Å². The SMILES string of the molecule is NC(=O)C1CCCN(CCOc2ccc(Br)cc2)C1. The molecule has 4 nitrogen and oxygen atoms in total. The van der Waals surface area contributed by atoms with E-state index in [1.165, 1.54) is 0 Å². The Morgan fingerprint density at radius 1 is 1.42 bits per heavy atom. The Morgan fingerprint density at radius 3 is 2.84 bits per heavy atom. The maximum atomic E-state index is 11.2. The molecular weight excluding hydrogens is 308 g/mol. The van der Waals surface area contributed by atoms with Crippen molar-refractivity contribution in [1.82, 2.24) is 4.90 Å². The summed E-state index contributed by atoms with van der Waals surface area (Å²) >= 11 is 3.39. The monoisotopic (exact) mass is 326 g/mol. The van der Waals surface area contributed by atoms with E-state index in [0.29, 0.717) is 6.61 Å². The average molecular weight is 327 g/mol. The number of carbonyl (C=O) groups is 1. The van der Waals surface area contributed by atoms with E-state index >= 15 is 0 Å². The first-order valence-corrected chi connectivity index (χ1v) is 7.34. The molecule has 0 radical (unpaired) electrons. The van der Waals surface area contributed by atoms with Crippen LogP contribution < -0.4 is 10.5 Å². The molecule has 1 aromatic carbocycles. The molecule has 104 valence electrons. The van der Waals surface area contributed by atoms with Gasteiger partial charge in [0.1, 0.15) is 12.4 Å². The minimum Gasteiger partial charge on any atom is -0.492 e. The number of primary amides is 1. The van der Waals surface area contributed by atoms with Crippen molar-refractivity contribution >= 4 is 21.8 Å². The zero-order valence-electron chi connectivity index (χ0n) is 10.8. The highest BCUT2D eigenvalue weighted by atomic mass is 79.9. The molecule has 1 atom stereocenters. The molecule has 2 rings (SSSR count). The third-order valence-electron chi connectivity index (χ3n) is 3.40. The van der Waals surface area contributed by atoms with Gasteiger partial charge in [0, 0.05) is 17.6 Å². The third kappa shape index (κ3) is 4.51. The number of ether oxygens (including phenoxy) is 1. The lowest BCUT2D eigenvalue weighted by molar-refractivity contribution is -0.123. The van der Waals surface area contributed by atoms with Crippen molar-refractivity contribution in [1.29, 1.82) is 0 Å². The second-order valence-electron chi connectivity index (χ2n) is 4.84. The molecule has 1 amide bonds. The number of likely N-dealkylation sites (tertiary alicyclic amines) is 1. The molecule has 0 saturated carbocycles. The minimum absolute atomic E-state index is 0.00132. The van der Waals surface area contributed by atoms with E-state index in [9.17, 15) is 4.79 Å². The Kier molecular flexibility index (Phi) is 5.22. The summed E-state index contributed by atoms with van der Waals surface area (Å²) in [4.78, 5) is 13.4. The van der Waals surface area contributed by atoms with Gasteiger partial charge in [-0.2, -0.15) is 0 Å². The lowest BCUT2D eigenvalue weighted by Gasteiger charge is -2.30. The van der Waals surface area contributed by atoms with Gasteiger partial charge in [0.05, 0.1) is 5.92 Å². The van der Waals surface area contributed by atoms with E-state index in [4.69, 9.17) is 10.5 Å². The molecule has 1 aromatic rings. The van der Waals surface area contributed by atoms with Crippen molar-refractivity contribution in [3.8, 4) is 5.75 Å². The molecule has 2 N–H and O–H groups in total. The number of benzene rings is 1. The van der Waals surface area contributed by atoms with E-state index in [0.717, 1.165) is 42.7 Å². The number of rotatable bonds is 5. The van der Waals surface area contributed by atoms with Crippen LogP contribution in [0.15, 0.2) is 28.7 Å². The molecule has 1 aliphatic heterocycles. The quantitative estimate of drug-likeness (QED) is 0.900. The van der Waals surface area contributed by atoms with Crippen LogP contribution in [-0.2, 0) is 4.79 Å². The first-order chi connectivity index (χ1) is 9.15. The first-order valence-electron chi connectivity index (χ1n) is 6.55. The summed E-state index contributed by atoms with van der Waals surface area (Å²) in [5.41, 5.74) is 5.36. The normalized spacial score (nSPS) is 20.2. The summed E-state index contributed by atoms with van der Waals surface area (Å²) in [6, 6.07) is 7.79. The molecule has 1 fully saturated rings. The van der Waals surface area contributed by atoms with Crippen LogP contribution >= 0.6 is 15.9 Å². The summed E-state index contributed by atoms with van der Waals surface area (Å²) in [6.45, 7) is 3.25. The Balaban J connectivity index is 1.73. The predicted molar refractivity (Wildman–Crippen MR) is 78.0 cm³/mol. The number of nitrogens with two attached hydrogens (primary N) is 1. The van der Waals surface area contributed by atoms with Crippen molar-refractivity contribution in [3.05, 3.63) is 28.7 Å². The molecule has 5 heteroatoms. The molecule has 1 unspecified atom stereocenters. The van der Waals surface area contributed by atoms with Crippen LogP contribution in [0.1, 0.15) is 12.8 Å². The fourth-order valence-corrected chi connectivity index (χ4v) is 2.58. The number of halogens is 1. The summed E-state index contributed by atoms with van der Waals surface area (Å²) in [6.07, 6.45) is 1.95. The number of hydrogen-bond acceptors (Lipinski definition) is 3. The Labute approximate surface area is 122 Å². The van der Waals surface area contributed by atoms with Crippen LogP contribution in [0.2, 0.25) is 0 Å². The first kappa shape index (κ1) is 14.3. The van der Waals surface area contributed by atoms with Gasteiger partial charge in [-0.15, -0.1) is 0 Å². The predicted octanol–water partition coefficient (Wildman–Crippen LogP) is 2.03. The number of carbonyl (C=O) groups excluding carboxylic acids is 1. The van der Waals surface area contributed by atoms with Gasteiger partial charge in [-0.25, -0.2) is 0 Å². The molecule has 0 aromatic heterocycles. The van der Waals surface area contributed by atoms with E-state index in [1.54, 1.807) is 0 Å². The van der Waals surface area contributed by atoms with E-state index in [2.05, 4.69) is 20.8 Å². The smallest absolute Gasteiger partial charge is 0.221 e. The maximum absolute atomic E-state index is 11.2. The van der Waals surface area contributed by atoms with E-state index < -0.39 is 0 Å². The number of piperidine rings is 1. The number of amides is 1. The maximum Gasteiger partial charge on any atom is 0.221 e. The van der Waals surface area contributed by atoms with Gasteiger partial charge in [0.25, 0.3) is 0 Å². The van der Waals surface area contributed by atoms with Gasteiger partial charge in [0.15, 0.2) is 0 Å². The topological polar surface area (TPSA) is 55.6 Å². The van der Waals surface area contributed by atoms with Crippen molar-refractivity contribution in [3.63, 3.8) is 0 Å². The van der Waals surface area contributed by atoms with Gasteiger partial charge in [-0.1, -0.05) is 15.9 Å². The van der Waals surface area contributed by atoms with Gasteiger partial charge in [-0.05, 0) is 43.7 Å². The van der Waals surface area contributed by atoms with E-state index in [1.807, 2.05) is 24.3 Å². The summed E-state index contributed by atoms with van der Waals surface area (Å²) in [5.74, 6) is 0.687. The van der Waals surface area contributed by atoms with E-state index in [-0.39, 0.29) is 11.8 Å². The second-order valence-corrected chi connectivity index (χ2v) is 5.76.